The Labute approximate surface area is 116 Å². The molecule has 0 saturated heterocycles. The molecule has 19 heavy (non-hydrogen) atoms. The third-order valence-corrected chi connectivity index (χ3v) is 3.84. The molecule has 0 amide bonds. The van der Waals surface area contributed by atoms with Gasteiger partial charge in [0.05, 0.1) is 12.8 Å². The first kappa shape index (κ1) is 13.7. The molecule has 0 aliphatic heterocycles. The van der Waals surface area contributed by atoms with Gasteiger partial charge in [0, 0.05) is 16.2 Å². The average Bonchev–Trinajstić information content (AvgIpc) is 2.40. The summed E-state index contributed by atoms with van der Waals surface area (Å²) < 4.78 is 18.7. The van der Waals surface area contributed by atoms with E-state index in [2.05, 4.69) is 6.07 Å². The Morgan fingerprint density at radius 2 is 2.00 bits per heavy atom. The van der Waals surface area contributed by atoms with E-state index in [4.69, 9.17) is 10.5 Å². The van der Waals surface area contributed by atoms with Crippen LogP contribution in [0.5, 0.6) is 5.75 Å². The van der Waals surface area contributed by atoms with Crippen LogP contribution in [0.15, 0.2) is 41.3 Å². The lowest BCUT2D eigenvalue weighted by atomic mass is 10.1. The van der Waals surface area contributed by atoms with Gasteiger partial charge in [-0.1, -0.05) is 17.7 Å². The van der Waals surface area contributed by atoms with Gasteiger partial charge in [0.15, 0.2) is 0 Å². The number of nitrogen functional groups attached to an aromatic ring is 1. The third-order valence-electron chi connectivity index (χ3n) is 2.80. The van der Waals surface area contributed by atoms with Gasteiger partial charge in [-0.15, -0.1) is 11.8 Å². The van der Waals surface area contributed by atoms with Crippen LogP contribution in [0.4, 0.5) is 10.1 Å². The maximum Gasteiger partial charge on any atom is 0.147 e. The number of nitrogens with two attached hydrogens (primary N) is 1. The second-order valence-corrected chi connectivity index (χ2v) is 5.34. The Kier molecular flexibility index (Phi) is 4.32. The molecule has 0 unspecified atom stereocenters. The number of methoxy groups -OCH3 is 1. The maximum absolute atomic E-state index is 13.4. The van der Waals surface area contributed by atoms with Gasteiger partial charge >= 0.3 is 0 Å². The van der Waals surface area contributed by atoms with Gasteiger partial charge in [0.2, 0.25) is 0 Å². The van der Waals surface area contributed by atoms with Crippen molar-refractivity contribution in [1.29, 1.82) is 0 Å². The number of halogens is 1. The predicted octanol–water partition coefficient (Wildman–Crippen LogP) is 4.02. The fourth-order valence-electron chi connectivity index (χ4n) is 1.78. The van der Waals surface area contributed by atoms with E-state index in [1.54, 1.807) is 24.9 Å². The molecule has 4 heteroatoms. The maximum atomic E-state index is 13.4. The van der Waals surface area contributed by atoms with Crippen molar-refractivity contribution in [2.45, 2.75) is 17.6 Å². The largest absolute Gasteiger partial charge is 0.496 e. The summed E-state index contributed by atoms with van der Waals surface area (Å²) in [5.74, 6) is 1.21. The minimum Gasteiger partial charge on any atom is -0.496 e. The second-order valence-electron chi connectivity index (χ2n) is 4.29. The molecule has 2 N–H and O–H groups in total. The Bertz CT molecular complexity index is 586. The van der Waals surface area contributed by atoms with E-state index in [9.17, 15) is 4.39 Å². The van der Waals surface area contributed by atoms with E-state index >= 15 is 0 Å². The lowest BCUT2D eigenvalue weighted by Crippen LogP contribution is -1.92. The van der Waals surface area contributed by atoms with Crippen molar-refractivity contribution >= 4 is 17.4 Å². The van der Waals surface area contributed by atoms with Crippen LogP contribution in [0.1, 0.15) is 11.1 Å². The molecule has 2 aromatic carbocycles. The molecule has 0 atom stereocenters. The van der Waals surface area contributed by atoms with Crippen molar-refractivity contribution in [3.05, 3.63) is 53.3 Å². The normalized spacial score (nSPS) is 10.5. The molecule has 0 fully saturated rings. The molecule has 0 heterocycles. The zero-order chi connectivity index (χ0) is 13.8. The fourth-order valence-corrected chi connectivity index (χ4v) is 2.68. The standard InChI is InChI=1S/C15H16FNOS/c1-10-3-6-15(18-2)11(7-10)9-19-12-4-5-14(17)13(16)8-12/h3-8H,9,17H2,1-2H3. The molecule has 0 spiro atoms. The Balaban J connectivity index is 2.13. The molecular weight excluding hydrogens is 261 g/mol. The average molecular weight is 277 g/mol. The number of hydrogen-bond donors (Lipinski definition) is 1. The number of aryl methyl sites for hydroxylation is 1. The lowest BCUT2D eigenvalue weighted by molar-refractivity contribution is 0.411. The van der Waals surface area contributed by atoms with Crippen molar-refractivity contribution in [2.24, 2.45) is 0 Å². The highest BCUT2D eigenvalue weighted by Crippen LogP contribution is 2.29. The van der Waals surface area contributed by atoms with E-state index in [1.165, 1.54) is 11.6 Å². The first-order valence-corrected chi connectivity index (χ1v) is 6.90. The third kappa shape index (κ3) is 3.41. The molecule has 2 nitrogen and oxygen atoms in total. The monoisotopic (exact) mass is 277 g/mol. The highest BCUT2D eigenvalue weighted by Gasteiger charge is 2.06. The van der Waals surface area contributed by atoms with Gasteiger partial charge in [-0.3, -0.25) is 0 Å². The molecular formula is C15H16FNOS. The molecule has 0 aromatic heterocycles. The van der Waals surface area contributed by atoms with Gasteiger partial charge in [-0.2, -0.15) is 0 Å². The molecule has 0 aliphatic carbocycles. The van der Waals surface area contributed by atoms with E-state index in [1.807, 2.05) is 25.1 Å². The van der Waals surface area contributed by atoms with Gasteiger partial charge in [-0.25, -0.2) is 4.39 Å². The number of benzene rings is 2. The number of ether oxygens (including phenoxy) is 1. The molecule has 0 saturated carbocycles. The van der Waals surface area contributed by atoms with Crippen LogP contribution in [0.2, 0.25) is 0 Å². The fraction of sp³-hybridized carbons (Fsp3) is 0.200. The van der Waals surface area contributed by atoms with E-state index in [-0.39, 0.29) is 11.5 Å². The van der Waals surface area contributed by atoms with Crippen molar-refractivity contribution < 1.29 is 9.13 Å². The predicted molar refractivity (Wildman–Crippen MR) is 78.1 cm³/mol. The van der Waals surface area contributed by atoms with E-state index in [0.717, 1.165) is 22.0 Å². The molecule has 2 aromatic rings. The van der Waals surface area contributed by atoms with Gasteiger partial charge in [-0.05, 0) is 31.2 Å². The summed E-state index contributed by atoms with van der Waals surface area (Å²) in [6.45, 7) is 2.04. The summed E-state index contributed by atoms with van der Waals surface area (Å²) in [4.78, 5) is 0.857. The van der Waals surface area contributed by atoms with Gasteiger partial charge in [0.1, 0.15) is 11.6 Å². The minimum atomic E-state index is -0.374. The van der Waals surface area contributed by atoms with Crippen LogP contribution < -0.4 is 10.5 Å². The van der Waals surface area contributed by atoms with Gasteiger partial charge in [0.25, 0.3) is 0 Å². The molecule has 0 radical (unpaired) electrons. The highest BCUT2D eigenvalue weighted by molar-refractivity contribution is 7.98. The zero-order valence-electron chi connectivity index (χ0n) is 10.9. The Morgan fingerprint density at radius 3 is 2.68 bits per heavy atom. The topological polar surface area (TPSA) is 35.2 Å². The minimum absolute atomic E-state index is 0.178. The van der Waals surface area contributed by atoms with Crippen LogP contribution in [-0.4, -0.2) is 7.11 Å². The van der Waals surface area contributed by atoms with Crippen LogP contribution >= 0.6 is 11.8 Å². The number of thioether (sulfide) groups is 1. The van der Waals surface area contributed by atoms with Crippen LogP contribution in [-0.2, 0) is 5.75 Å². The summed E-state index contributed by atoms with van der Waals surface area (Å²) >= 11 is 1.56. The quantitative estimate of drug-likeness (QED) is 0.677. The summed E-state index contributed by atoms with van der Waals surface area (Å²) in [7, 11) is 1.65. The van der Waals surface area contributed by atoms with Crippen LogP contribution in [0, 0.1) is 12.7 Å². The van der Waals surface area contributed by atoms with Crippen molar-refractivity contribution in [3.63, 3.8) is 0 Å². The van der Waals surface area contributed by atoms with Crippen molar-refractivity contribution in [1.82, 2.24) is 0 Å². The van der Waals surface area contributed by atoms with E-state index < -0.39 is 0 Å². The lowest BCUT2D eigenvalue weighted by Gasteiger charge is -2.09. The zero-order valence-corrected chi connectivity index (χ0v) is 11.8. The molecule has 0 bridgehead atoms. The summed E-state index contributed by atoms with van der Waals surface area (Å²) in [6.07, 6.45) is 0. The van der Waals surface area contributed by atoms with E-state index in [0.29, 0.717) is 0 Å². The van der Waals surface area contributed by atoms with Crippen LogP contribution in [0.25, 0.3) is 0 Å². The summed E-state index contributed by atoms with van der Waals surface area (Å²) in [5.41, 5.74) is 7.92. The van der Waals surface area contributed by atoms with Crippen LogP contribution in [0.3, 0.4) is 0 Å². The van der Waals surface area contributed by atoms with Crippen molar-refractivity contribution in [3.8, 4) is 5.75 Å². The molecule has 2 rings (SSSR count). The number of rotatable bonds is 4. The Morgan fingerprint density at radius 1 is 1.21 bits per heavy atom. The number of anilines is 1. The smallest absolute Gasteiger partial charge is 0.147 e. The Hall–Kier alpha value is -1.68. The first-order valence-electron chi connectivity index (χ1n) is 5.91. The number of hydrogen-bond acceptors (Lipinski definition) is 3. The van der Waals surface area contributed by atoms with Gasteiger partial charge < -0.3 is 10.5 Å². The summed E-state index contributed by atoms with van der Waals surface area (Å²) in [6, 6.07) is 10.9. The van der Waals surface area contributed by atoms with Crippen molar-refractivity contribution in [2.75, 3.05) is 12.8 Å². The molecule has 100 valence electrons. The SMILES string of the molecule is COc1ccc(C)cc1CSc1ccc(N)c(F)c1. The molecule has 0 aliphatic rings. The second kappa shape index (κ2) is 5.97. The highest BCUT2D eigenvalue weighted by atomic mass is 32.2. The summed E-state index contributed by atoms with van der Waals surface area (Å²) in [5, 5.41) is 0. The first-order chi connectivity index (χ1) is 9.10.